The smallest absolute Gasteiger partial charge is 0.291 e. The predicted molar refractivity (Wildman–Crippen MR) is 133 cm³/mol. The normalized spacial score (nSPS) is 13.5. The quantitative estimate of drug-likeness (QED) is 0.430. The standard InChI is InChI=1S/C28H26N2O5/c31-25(19-34-23-12-6-4-10-21(23)18-20-8-2-1-3-9-20)29-26-22-11-5-7-13-24(22)35-27(26)28(32)30-14-16-33-17-15-30/h1-13H,14-19H2,(H,29,31). The molecular formula is C28H26N2O5. The van der Waals surface area contributed by atoms with E-state index in [1.54, 1.807) is 11.0 Å². The molecule has 3 aromatic carbocycles. The first-order valence-electron chi connectivity index (χ1n) is 11.6. The van der Waals surface area contributed by atoms with Crippen LogP contribution in [0.25, 0.3) is 11.0 Å². The maximum atomic E-state index is 13.2. The number of ether oxygens (including phenoxy) is 2. The molecule has 0 saturated carbocycles. The van der Waals surface area contributed by atoms with E-state index in [1.807, 2.05) is 60.7 Å². The first kappa shape index (κ1) is 22.7. The molecule has 7 heteroatoms. The topological polar surface area (TPSA) is 81.0 Å². The average molecular weight is 471 g/mol. The van der Waals surface area contributed by atoms with Crippen molar-refractivity contribution in [2.24, 2.45) is 0 Å². The molecule has 4 aromatic rings. The summed E-state index contributed by atoms with van der Waals surface area (Å²) < 4.78 is 17.1. The number of anilines is 1. The Morgan fingerprint density at radius 3 is 2.43 bits per heavy atom. The van der Waals surface area contributed by atoms with Gasteiger partial charge in [-0.15, -0.1) is 0 Å². The lowest BCUT2D eigenvalue weighted by atomic mass is 10.0. The fourth-order valence-electron chi connectivity index (χ4n) is 4.16. The average Bonchev–Trinajstić information content (AvgIpc) is 3.27. The van der Waals surface area contributed by atoms with E-state index in [9.17, 15) is 9.59 Å². The minimum absolute atomic E-state index is 0.117. The lowest BCUT2D eigenvalue weighted by Gasteiger charge is -2.26. The summed E-state index contributed by atoms with van der Waals surface area (Å²) in [5.41, 5.74) is 3.05. The number of morpholine rings is 1. The van der Waals surface area contributed by atoms with Gasteiger partial charge in [0, 0.05) is 24.9 Å². The van der Waals surface area contributed by atoms with Gasteiger partial charge in [0.05, 0.1) is 13.2 Å². The monoisotopic (exact) mass is 470 g/mol. The lowest BCUT2D eigenvalue weighted by molar-refractivity contribution is -0.118. The number of carbonyl (C=O) groups is 2. The van der Waals surface area contributed by atoms with Crippen LogP contribution in [0.1, 0.15) is 21.7 Å². The molecule has 2 heterocycles. The zero-order valence-electron chi connectivity index (χ0n) is 19.2. The number of hydrogen-bond acceptors (Lipinski definition) is 5. The molecule has 0 radical (unpaired) electrons. The fourth-order valence-corrected chi connectivity index (χ4v) is 4.16. The second-order valence-electron chi connectivity index (χ2n) is 8.31. The molecule has 2 amide bonds. The van der Waals surface area contributed by atoms with Crippen molar-refractivity contribution in [3.63, 3.8) is 0 Å². The third kappa shape index (κ3) is 5.20. The first-order valence-corrected chi connectivity index (χ1v) is 11.6. The highest BCUT2D eigenvalue weighted by Gasteiger charge is 2.27. The molecular weight excluding hydrogens is 444 g/mol. The highest BCUT2D eigenvalue weighted by molar-refractivity contribution is 6.11. The Balaban J connectivity index is 1.32. The third-order valence-corrected chi connectivity index (χ3v) is 5.92. The van der Waals surface area contributed by atoms with Crippen LogP contribution in [0.3, 0.4) is 0 Å². The predicted octanol–water partition coefficient (Wildman–Crippen LogP) is 4.51. The summed E-state index contributed by atoms with van der Waals surface area (Å²) in [6, 6.07) is 25.0. The lowest BCUT2D eigenvalue weighted by Crippen LogP contribution is -2.40. The Morgan fingerprint density at radius 1 is 0.886 bits per heavy atom. The maximum Gasteiger partial charge on any atom is 0.291 e. The van der Waals surface area contributed by atoms with Crippen LogP contribution in [-0.2, 0) is 16.0 Å². The van der Waals surface area contributed by atoms with Crippen LogP contribution in [-0.4, -0.2) is 49.6 Å². The van der Waals surface area contributed by atoms with Crippen LogP contribution in [0.15, 0.2) is 83.3 Å². The molecule has 1 aromatic heterocycles. The van der Waals surface area contributed by atoms with Crippen LogP contribution in [0.5, 0.6) is 5.75 Å². The second-order valence-corrected chi connectivity index (χ2v) is 8.31. The van der Waals surface area contributed by atoms with Crippen LogP contribution < -0.4 is 10.1 Å². The van der Waals surface area contributed by atoms with Gasteiger partial charge in [-0.25, -0.2) is 0 Å². The number of hydrogen-bond donors (Lipinski definition) is 1. The molecule has 1 aliphatic heterocycles. The molecule has 178 valence electrons. The SMILES string of the molecule is O=C(COc1ccccc1Cc1ccccc1)Nc1c(C(=O)N2CCOCC2)oc2ccccc12. The summed E-state index contributed by atoms with van der Waals surface area (Å²) in [7, 11) is 0. The van der Waals surface area contributed by atoms with Crippen molar-refractivity contribution >= 4 is 28.5 Å². The Hall–Kier alpha value is -4.10. The molecule has 5 rings (SSSR count). The third-order valence-electron chi connectivity index (χ3n) is 5.92. The van der Waals surface area contributed by atoms with E-state index >= 15 is 0 Å². The summed E-state index contributed by atoms with van der Waals surface area (Å²) in [5, 5.41) is 3.52. The van der Waals surface area contributed by atoms with Crippen molar-refractivity contribution in [2.45, 2.75) is 6.42 Å². The number of furan rings is 1. The summed E-state index contributed by atoms with van der Waals surface area (Å²) in [6.07, 6.45) is 0.698. The van der Waals surface area contributed by atoms with Crippen LogP contribution >= 0.6 is 0 Å². The number of benzene rings is 3. The Labute approximate surface area is 203 Å². The molecule has 0 spiro atoms. The molecule has 1 N–H and O–H groups in total. The number of nitrogens with zero attached hydrogens (tertiary/aromatic N) is 1. The van der Waals surface area contributed by atoms with Gasteiger partial charge in [-0.1, -0.05) is 60.7 Å². The van der Waals surface area contributed by atoms with Gasteiger partial charge in [0.1, 0.15) is 17.0 Å². The number of rotatable bonds is 7. The molecule has 1 aliphatic rings. The summed E-state index contributed by atoms with van der Waals surface area (Å²) in [4.78, 5) is 27.8. The number of carbonyl (C=O) groups excluding carboxylic acids is 2. The minimum atomic E-state index is -0.373. The van der Waals surface area contributed by atoms with E-state index in [4.69, 9.17) is 13.9 Å². The number of para-hydroxylation sites is 2. The Bertz CT molecular complexity index is 1330. The van der Waals surface area contributed by atoms with Gasteiger partial charge in [0.2, 0.25) is 5.76 Å². The molecule has 35 heavy (non-hydrogen) atoms. The number of nitrogens with one attached hydrogen (secondary N) is 1. The molecule has 0 atom stereocenters. The summed E-state index contributed by atoms with van der Waals surface area (Å²) in [5.74, 6) is 0.120. The first-order chi connectivity index (χ1) is 17.2. The van der Waals surface area contributed by atoms with E-state index in [2.05, 4.69) is 17.4 Å². The molecule has 7 nitrogen and oxygen atoms in total. The Kier molecular flexibility index (Phi) is 6.77. The molecule has 0 aliphatic carbocycles. The van der Waals surface area contributed by atoms with Gasteiger partial charge < -0.3 is 24.1 Å². The fraction of sp³-hybridized carbons (Fsp3) is 0.214. The summed E-state index contributed by atoms with van der Waals surface area (Å²) in [6.45, 7) is 1.71. The van der Waals surface area contributed by atoms with Crippen LogP contribution in [0.2, 0.25) is 0 Å². The van der Waals surface area contributed by atoms with E-state index in [0.29, 0.717) is 55.1 Å². The van der Waals surface area contributed by atoms with Gasteiger partial charge in [0.25, 0.3) is 11.8 Å². The molecule has 1 saturated heterocycles. The Morgan fingerprint density at radius 2 is 1.60 bits per heavy atom. The number of amides is 2. The van der Waals surface area contributed by atoms with Crippen molar-refractivity contribution in [1.82, 2.24) is 4.90 Å². The van der Waals surface area contributed by atoms with Gasteiger partial charge in [-0.05, 0) is 29.3 Å². The number of fused-ring (bicyclic) bond motifs is 1. The van der Waals surface area contributed by atoms with Crippen LogP contribution in [0, 0.1) is 0 Å². The van der Waals surface area contributed by atoms with Crippen molar-refractivity contribution in [2.75, 3.05) is 38.2 Å². The van der Waals surface area contributed by atoms with Crippen LogP contribution in [0.4, 0.5) is 5.69 Å². The highest BCUT2D eigenvalue weighted by Crippen LogP contribution is 2.32. The maximum absolute atomic E-state index is 13.2. The summed E-state index contributed by atoms with van der Waals surface area (Å²) >= 11 is 0. The van der Waals surface area contributed by atoms with Gasteiger partial charge in [-0.2, -0.15) is 0 Å². The van der Waals surface area contributed by atoms with E-state index in [-0.39, 0.29) is 24.2 Å². The molecule has 1 fully saturated rings. The molecule has 0 bridgehead atoms. The second kappa shape index (κ2) is 10.4. The van der Waals surface area contributed by atoms with E-state index < -0.39 is 0 Å². The van der Waals surface area contributed by atoms with Gasteiger partial charge >= 0.3 is 0 Å². The van der Waals surface area contributed by atoms with E-state index in [0.717, 1.165) is 11.1 Å². The molecule has 0 unspecified atom stereocenters. The van der Waals surface area contributed by atoms with Crippen molar-refractivity contribution in [3.05, 3.63) is 95.7 Å². The van der Waals surface area contributed by atoms with E-state index in [1.165, 1.54) is 0 Å². The zero-order valence-corrected chi connectivity index (χ0v) is 19.2. The minimum Gasteiger partial charge on any atom is -0.483 e. The van der Waals surface area contributed by atoms with Crippen molar-refractivity contribution in [3.8, 4) is 5.75 Å². The van der Waals surface area contributed by atoms with Gasteiger partial charge in [0.15, 0.2) is 6.61 Å². The highest BCUT2D eigenvalue weighted by atomic mass is 16.5. The van der Waals surface area contributed by atoms with Crippen molar-refractivity contribution in [1.29, 1.82) is 0 Å². The van der Waals surface area contributed by atoms with Crippen molar-refractivity contribution < 1.29 is 23.5 Å². The van der Waals surface area contributed by atoms with Gasteiger partial charge in [-0.3, -0.25) is 9.59 Å². The zero-order chi connectivity index (χ0) is 24.0. The largest absolute Gasteiger partial charge is 0.483 e.